The van der Waals surface area contributed by atoms with Gasteiger partial charge in [0.05, 0.1) is 28.9 Å². The second-order valence-corrected chi connectivity index (χ2v) is 7.20. The highest BCUT2D eigenvalue weighted by atomic mass is 127. The molecule has 0 saturated heterocycles. The van der Waals surface area contributed by atoms with Crippen molar-refractivity contribution in [2.45, 2.75) is 25.8 Å². The van der Waals surface area contributed by atoms with E-state index in [1.54, 1.807) is 18.2 Å². The summed E-state index contributed by atoms with van der Waals surface area (Å²) in [4.78, 5) is 11.9. The smallest absolute Gasteiger partial charge is 0.337 e. The van der Waals surface area contributed by atoms with Crippen LogP contribution in [-0.2, 0) is 24.1 Å². The molecule has 0 radical (unpaired) electrons. The van der Waals surface area contributed by atoms with Crippen molar-refractivity contribution < 1.29 is 13.9 Å². The van der Waals surface area contributed by atoms with Crippen LogP contribution in [0.1, 0.15) is 27.9 Å². The molecule has 0 bridgehead atoms. The zero-order valence-corrected chi connectivity index (χ0v) is 17.0. The van der Waals surface area contributed by atoms with Gasteiger partial charge in [-0.2, -0.15) is 5.26 Å². The number of carbonyl (C=O) groups is 1. The molecule has 3 aromatic rings. The molecule has 0 aliphatic heterocycles. The third kappa shape index (κ3) is 4.14. The average molecular weight is 476 g/mol. The van der Waals surface area contributed by atoms with Gasteiger partial charge in [0, 0.05) is 17.4 Å². The van der Waals surface area contributed by atoms with Gasteiger partial charge in [0.15, 0.2) is 0 Å². The van der Waals surface area contributed by atoms with Crippen molar-refractivity contribution in [2.24, 2.45) is 0 Å². The van der Waals surface area contributed by atoms with E-state index in [-0.39, 0.29) is 11.8 Å². The van der Waals surface area contributed by atoms with Gasteiger partial charge in [0.2, 0.25) is 0 Å². The molecule has 0 N–H and O–H groups in total. The Hall–Kier alpha value is -2.40. The predicted octanol–water partition coefficient (Wildman–Crippen LogP) is 4.87. The highest BCUT2D eigenvalue weighted by molar-refractivity contribution is 14.1. The van der Waals surface area contributed by atoms with Gasteiger partial charge in [-0.05, 0) is 76.9 Å². The van der Waals surface area contributed by atoms with Crippen LogP contribution in [0.4, 0.5) is 4.39 Å². The molecule has 0 amide bonds. The summed E-state index contributed by atoms with van der Waals surface area (Å²) in [5.74, 6) is -0.620. The number of aryl methyl sites for hydroxylation is 3. The van der Waals surface area contributed by atoms with Crippen LogP contribution < -0.4 is 0 Å². The van der Waals surface area contributed by atoms with Crippen LogP contribution in [0.3, 0.4) is 0 Å². The zero-order chi connectivity index (χ0) is 19.4. The molecule has 0 aliphatic carbocycles. The number of aromatic nitrogens is 1. The van der Waals surface area contributed by atoms with Crippen LogP contribution in [0.5, 0.6) is 0 Å². The van der Waals surface area contributed by atoms with Gasteiger partial charge < -0.3 is 9.30 Å². The topological polar surface area (TPSA) is 55.0 Å². The van der Waals surface area contributed by atoms with Gasteiger partial charge in [-0.3, -0.25) is 0 Å². The third-order valence-electron chi connectivity index (χ3n) is 4.54. The number of nitrogens with zero attached hydrogens (tertiary/aromatic N) is 2. The summed E-state index contributed by atoms with van der Waals surface area (Å²) in [7, 11) is 1.36. The predicted molar refractivity (Wildman–Crippen MR) is 110 cm³/mol. The molecule has 1 aromatic heterocycles. The van der Waals surface area contributed by atoms with Crippen LogP contribution in [0.2, 0.25) is 0 Å². The summed E-state index contributed by atoms with van der Waals surface area (Å²) >= 11 is 2.30. The van der Waals surface area contributed by atoms with Crippen LogP contribution in [-0.4, -0.2) is 17.6 Å². The summed E-state index contributed by atoms with van der Waals surface area (Å²) in [5.41, 5.74) is 3.67. The number of halogens is 2. The standard InChI is InChI=1S/C21H18FIN2O2/c1-27-21(26)15-6-10-19-18(13-15)17(20(23)25(19)12-2-11-24)9-5-14-3-7-16(22)8-4-14/h3-4,6-8,10,13H,2,5,9,12H2,1H3. The normalized spacial score (nSPS) is 10.7. The summed E-state index contributed by atoms with van der Waals surface area (Å²) in [5, 5.41) is 9.95. The van der Waals surface area contributed by atoms with Crippen molar-refractivity contribution in [1.29, 1.82) is 5.26 Å². The van der Waals surface area contributed by atoms with Crippen molar-refractivity contribution in [1.82, 2.24) is 4.57 Å². The molecule has 1 heterocycles. The second-order valence-electron chi connectivity index (χ2n) is 6.18. The SMILES string of the molecule is COC(=O)c1ccc2c(c1)c(CCc1ccc(F)cc1)c(I)n2CCC#N. The van der Waals surface area contributed by atoms with Crippen LogP contribution >= 0.6 is 22.6 Å². The van der Waals surface area contributed by atoms with Crippen molar-refractivity contribution in [3.63, 3.8) is 0 Å². The molecule has 0 spiro atoms. The Kier molecular flexibility index (Phi) is 6.11. The Bertz CT molecular complexity index is 1020. The van der Waals surface area contributed by atoms with Crippen molar-refractivity contribution >= 4 is 39.5 Å². The van der Waals surface area contributed by atoms with Gasteiger partial charge in [-0.15, -0.1) is 0 Å². The monoisotopic (exact) mass is 476 g/mol. The van der Waals surface area contributed by atoms with E-state index in [1.807, 2.05) is 12.1 Å². The van der Waals surface area contributed by atoms with Crippen LogP contribution in [0.15, 0.2) is 42.5 Å². The molecular formula is C21H18FIN2O2. The summed E-state index contributed by atoms with van der Waals surface area (Å²) in [6.45, 7) is 0.597. The number of hydrogen-bond acceptors (Lipinski definition) is 3. The number of methoxy groups -OCH3 is 1. The number of rotatable bonds is 6. The third-order valence-corrected chi connectivity index (χ3v) is 5.78. The van der Waals surface area contributed by atoms with Crippen molar-refractivity contribution in [2.75, 3.05) is 7.11 Å². The van der Waals surface area contributed by atoms with Gasteiger partial charge in [-0.25, -0.2) is 9.18 Å². The first-order valence-corrected chi connectivity index (χ1v) is 9.63. The van der Waals surface area contributed by atoms with E-state index in [1.165, 1.54) is 19.2 Å². The Morgan fingerprint density at radius 2 is 1.96 bits per heavy atom. The van der Waals surface area contributed by atoms with E-state index in [9.17, 15) is 9.18 Å². The molecule has 138 valence electrons. The fraction of sp³-hybridized carbons (Fsp3) is 0.238. The molecule has 0 fully saturated rings. The maximum atomic E-state index is 13.1. The molecular weight excluding hydrogens is 458 g/mol. The Morgan fingerprint density at radius 1 is 1.22 bits per heavy atom. The number of nitriles is 1. The maximum Gasteiger partial charge on any atom is 0.337 e. The van der Waals surface area contributed by atoms with Crippen LogP contribution in [0.25, 0.3) is 10.9 Å². The molecule has 27 heavy (non-hydrogen) atoms. The minimum atomic E-state index is -0.374. The molecule has 6 heteroatoms. The molecule has 4 nitrogen and oxygen atoms in total. The minimum Gasteiger partial charge on any atom is -0.465 e. The lowest BCUT2D eigenvalue weighted by Crippen LogP contribution is -2.02. The first-order chi connectivity index (χ1) is 13.0. The van der Waals surface area contributed by atoms with Crippen molar-refractivity contribution in [3.8, 4) is 6.07 Å². The van der Waals surface area contributed by atoms with E-state index < -0.39 is 0 Å². The second kappa shape index (κ2) is 8.53. The quantitative estimate of drug-likeness (QED) is 0.377. The Labute approximate surface area is 170 Å². The van der Waals surface area contributed by atoms with E-state index in [2.05, 4.69) is 33.2 Å². The summed E-state index contributed by atoms with van der Waals surface area (Å²) in [6, 6.07) is 14.2. The van der Waals surface area contributed by atoms with Gasteiger partial charge >= 0.3 is 5.97 Å². The molecule has 3 rings (SSSR count). The number of benzene rings is 2. The largest absolute Gasteiger partial charge is 0.465 e. The minimum absolute atomic E-state index is 0.246. The van der Waals surface area contributed by atoms with Crippen molar-refractivity contribution in [3.05, 3.63) is 68.7 Å². The van der Waals surface area contributed by atoms with Gasteiger partial charge in [0.1, 0.15) is 5.82 Å². The Morgan fingerprint density at radius 3 is 2.63 bits per heavy atom. The summed E-state index contributed by atoms with van der Waals surface area (Å²) in [6.07, 6.45) is 1.93. The zero-order valence-electron chi connectivity index (χ0n) is 14.8. The van der Waals surface area contributed by atoms with E-state index in [0.717, 1.165) is 38.6 Å². The highest BCUT2D eigenvalue weighted by Crippen LogP contribution is 2.30. The fourth-order valence-electron chi connectivity index (χ4n) is 3.18. The average Bonchev–Trinajstić information content (AvgIpc) is 2.95. The first-order valence-electron chi connectivity index (χ1n) is 8.55. The lowest BCUT2D eigenvalue weighted by molar-refractivity contribution is 0.0601. The van der Waals surface area contributed by atoms with Gasteiger partial charge in [-0.1, -0.05) is 12.1 Å². The van der Waals surface area contributed by atoms with Gasteiger partial charge in [0.25, 0.3) is 0 Å². The number of hydrogen-bond donors (Lipinski definition) is 0. The molecule has 0 unspecified atom stereocenters. The van der Waals surface area contributed by atoms with Crippen LogP contribution in [0, 0.1) is 20.8 Å². The number of fused-ring (bicyclic) bond motifs is 1. The Balaban J connectivity index is 2.02. The summed E-state index contributed by atoms with van der Waals surface area (Å²) < 4.78 is 21.1. The number of carbonyl (C=O) groups excluding carboxylic acids is 1. The lowest BCUT2D eigenvalue weighted by atomic mass is 10.0. The van der Waals surface area contributed by atoms with E-state index in [4.69, 9.17) is 10.00 Å². The highest BCUT2D eigenvalue weighted by Gasteiger charge is 2.17. The number of ether oxygens (including phenoxy) is 1. The molecule has 0 aliphatic rings. The number of esters is 1. The maximum absolute atomic E-state index is 13.1. The molecule has 2 aromatic carbocycles. The fourth-order valence-corrected chi connectivity index (χ4v) is 4.24. The molecule has 0 atom stereocenters. The molecule has 0 saturated carbocycles. The van der Waals surface area contributed by atoms with E-state index >= 15 is 0 Å². The lowest BCUT2D eigenvalue weighted by Gasteiger charge is -2.05. The van der Waals surface area contributed by atoms with E-state index in [0.29, 0.717) is 18.5 Å². The first kappa shape index (κ1) is 19.4.